The average Bonchev–Trinajstić information content (AvgIpc) is 2.02. The topological polar surface area (TPSA) is 20.2 Å². The van der Waals surface area contributed by atoms with Crippen LogP contribution in [0.2, 0.25) is 0 Å². The van der Waals surface area contributed by atoms with Crippen molar-refractivity contribution >= 4 is 11.8 Å². The molecule has 74 valence electrons. The van der Waals surface area contributed by atoms with Gasteiger partial charge in [-0.2, -0.15) is 11.8 Å². The summed E-state index contributed by atoms with van der Waals surface area (Å²) >= 11 is 1.89. The molecule has 0 saturated heterocycles. The summed E-state index contributed by atoms with van der Waals surface area (Å²) in [5.74, 6) is 2.49. The van der Waals surface area contributed by atoms with E-state index in [2.05, 4.69) is 20.1 Å². The molecule has 0 saturated carbocycles. The van der Waals surface area contributed by atoms with E-state index < -0.39 is 0 Å². The average molecular weight is 190 g/mol. The molecule has 0 aromatic carbocycles. The molecule has 0 rings (SSSR count). The van der Waals surface area contributed by atoms with Gasteiger partial charge in [0, 0.05) is 6.61 Å². The van der Waals surface area contributed by atoms with Gasteiger partial charge < -0.3 is 5.11 Å². The molecule has 1 unspecified atom stereocenters. The van der Waals surface area contributed by atoms with E-state index in [4.69, 9.17) is 5.11 Å². The Morgan fingerprint density at radius 2 is 2.00 bits per heavy atom. The van der Waals surface area contributed by atoms with E-state index in [9.17, 15) is 0 Å². The Hall–Kier alpha value is 0.310. The highest BCUT2D eigenvalue weighted by atomic mass is 32.2. The highest BCUT2D eigenvalue weighted by Crippen LogP contribution is 2.17. The maximum Gasteiger partial charge on any atom is 0.0459 e. The molecule has 0 heterocycles. The Morgan fingerprint density at radius 3 is 2.42 bits per heavy atom. The van der Waals surface area contributed by atoms with Gasteiger partial charge in [-0.05, 0) is 43.1 Å². The van der Waals surface area contributed by atoms with Crippen LogP contribution in [-0.4, -0.2) is 23.7 Å². The Kier molecular flexibility index (Phi) is 8.14. The summed E-state index contributed by atoms with van der Waals surface area (Å²) in [6, 6.07) is 0. The monoisotopic (exact) mass is 190 g/mol. The van der Waals surface area contributed by atoms with Crippen LogP contribution < -0.4 is 0 Å². The number of thioether (sulfide) groups is 1. The Bertz CT molecular complexity index is 93.8. The van der Waals surface area contributed by atoms with Crippen molar-refractivity contribution < 1.29 is 5.11 Å². The molecule has 0 aromatic rings. The van der Waals surface area contributed by atoms with Crippen molar-refractivity contribution in [3.05, 3.63) is 0 Å². The zero-order valence-corrected chi connectivity index (χ0v) is 9.36. The van der Waals surface area contributed by atoms with Crippen LogP contribution in [0.4, 0.5) is 0 Å². The summed E-state index contributed by atoms with van der Waals surface area (Å²) < 4.78 is 0. The molecular weight excluding hydrogens is 168 g/mol. The third-order valence-corrected chi connectivity index (χ3v) is 2.72. The molecular formula is C10H22OS. The molecule has 0 aliphatic rings. The predicted octanol–water partition coefficient (Wildman–Crippen LogP) is 2.78. The van der Waals surface area contributed by atoms with Crippen LogP contribution in [-0.2, 0) is 0 Å². The maximum absolute atomic E-state index is 9.07. The second-order valence-corrected chi connectivity index (χ2v) is 4.80. The van der Waals surface area contributed by atoms with E-state index in [-0.39, 0.29) is 0 Å². The highest BCUT2D eigenvalue weighted by molar-refractivity contribution is 7.98. The molecule has 1 N–H and O–H groups in total. The normalized spacial score (nSPS) is 13.8. The molecule has 0 spiro atoms. The fourth-order valence-electron chi connectivity index (χ4n) is 1.47. The Labute approximate surface area is 80.9 Å². The number of rotatable bonds is 7. The number of hydrogen-bond acceptors (Lipinski definition) is 2. The second kappa shape index (κ2) is 7.93. The quantitative estimate of drug-likeness (QED) is 0.623. The van der Waals surface area contributed by atoms with Crippen molar-refractivity contribution in [2.24, 2.45) is 11.8 Å². The lowest BCUT2D eigenvalue weighted by Gasteiger charge is -2.15. The van der Waals surface area contributed by atoms with Gasteiger partial charge in [0.2, 0.25) is 0 Å². The minimum atomic E-state index is 0.368. The number of aliphatic hydroxyl groups is 1. The van der Waals surface area contributed by atoms with Crippen LogP contribution in [0.3, 0.4) is 0 Å². The number of hydrogen-bond donors (Lipinski definition) is 1. The van der Waals surface area contributed by atoms with Crippen molar-refractivity contribution in [1.29, 1.82) is 0 Å². The van der Waals surface area contributed by atoms with Crippen LogP contribution in [0.25, 0.3) is 0 Å². The summed E-state index contributed by atoms with van der Waals surface area (Å²) in [7, 11) is 0. The molecule has 1 nitrogen and oxygen atoms in total. The van der Waals surface area contributed by atoms with Gasteiger partial charge in [-0.1, -0.05) is 13.8 Å². The first kappa shape index (κ1) is 12.3. The zero-order valence-electron chi connectivity index (χ0n) is 8.55. The first-order valence-electron chi connectivity index (χ1n) is 4.80. The minimum Gasteiger partial charge on any atom is -0.396 e. The minimum absolute atomic E-state index is 0.368. The number of aliphatic hydroxyl groups excluding tert-OH is 1. The van der Waals surface area contributed by atoms with E-state index in [0.29, 0.717) is 12.5 Å². The lowest BCUT2D eigenvalue weighted by atomic mass is 9.94. The van der Waals surface area contributed by atoms with Gasteiger partial charge >= 0.3 is 0 Å². The van der Waals surface area contributed by atoms with E-state index in [1.165, 1.54) is 25.0 Å². The van der Waals surface area contributed by atoms with E-state index >= 15 is 0 Å². The van der Waals surface area contributed by atoms with Crippen LogP contribution >= 0.6 is 11.8 Å². The van der Waals surface area contributed by atoms with Crippen LogP contribution in [0.5, 0.6) is 0 Å². The van der Waals surface area contributed by atoms with Gasteiger partial charge in [0.25, 0.3) is 0 Å². The van der Waals surface area contributed by atoms with Crippen molar-refractivity contribution in [3.63, 3.8) is 0 Å². The molecule has 12 heavy (non-hydrogen) atoms. The lowest BCUT2D eigenvalue weighted by molar-refractivity contribution is 0.197. The first-order chi connectivity index (χ1) is 5.70. The molecule has 0 aliphatic carbocycles. The molecule has 1 atom stereocenters. The third-order valence-electron chi connectivity index (χ3n) is 2.02. The van der Waals surface area contributed by atoms with Gasteiger partial charge in [-0.25, -0.2) is 0 Å². The first-order valence-corrected chi connectivity index (χ1v) is 6.19. The summed E-state index contributed by atoms with van der Waals surface area (Å²) in [6.45, 7) is 4.81. The second-order valence-electron chi connectivity index (χ2n) is 3.81. The van der Waals surface area contributed by atoms with Crippen molar-refractivity contribution in [2.45, 2.75) is 33.1 Å². The van der Waals surface area contributed by atoms with Gasteiger partial charge in [0.15, 0.2) is 0 Å². The van der Waals surface area contributed by atoms with Gasteiger partial charge in [-0.3, -0.25) is 0 Å². The summed E-state index contributed by atoms with van der Waals surface area (Å²) in [5.41, 5.74) is 0. The Balaban J connectivity index is 3.39. The maximum atomic E-state index is 9.07. The van der Waals surface area contributed by atoms with Crippen molar-refractivity contribution in [1.82, 2.24) is 0 Å². The van der Waals surface area contributed by atoms with Crippen molar-refractivity contribution in [2.75, 3.05) is 18.6 Å². The summed E-state index contributed by atoms with van der Waals surface area (Å²) in [5, 5.41) is 9.07. The van der Waals surface area contributed by atoms with Crippen LogP contribution in [0.1, 0.15) is 33.1 Å². The summed E-state index contributed by atoms with van der Waals surface area (Å²) in [4.78, 5) is 0. The van der Waals surface area contributed by atoms with E-state index in [0.717, 1.165) is 5.92 Å². The smallest absolute Gasteiger partial charge is 0.0459 e. The zero-order chi connectivity index (χ0) is 9.40. The fourth-order valence-corrected chi connectivity index (χ4v) is 1.92. The van der Waals surface area contributed by atoms with E-state index in [1.807, 2.05) is 11.8 Å². The van der Waals surface area contributed by atoms with Crippen LogP contribution in [0, 0.1) is 11.8 Å². The molecule has 0 fully saturated rings. The Morgan fingerprint density at radius 1 is 1.33 bits per heavy atom. The molecule has 2 heteroatoms. The predicted molar refractivity (Wildman–Crippen MR) is 57.6 cm³/mol. The third kappa shape index (κ3) is 6.99. The standard InChI is InChI=1S/C10H22OS/c1-9(2)7-10(8-11)5-4-6-12-3/h9-11H,4-8H2,1-3H3. The molecule has 0 amide bonds. The molecule has 0 aromatic heterocycles. The molecule has 0 aliphatic heterocycles. The largest absolute Gasteiger partial charge is 0.396 e. The van der Waals surface area contributed by atoms with Gasteiger partial charge in [-0.15, -0.1) is 0 Å². The van der Waals surface area contributed by atoms with Gasteiger partial charge in [0.1, 0.15) is 0 Å². The van der Waals surface area contributed by atoms with Crippen LogP contribution in [0.15, 0.2) is 0 Å². The molecule has 0 radical (unpaired) electrons. The molecule has 0 bridgehead atoms. The fraction of sp³-hybridized carbons (Fsp3) is 1.00. The van der Waals surface area contributed by atoms with Gasteiger partial charge in [0.05, 0.1) is 0 Å². The van der Waals surface area contributed by atoms with Crippen molar-refractivity contribution in [3.8, 4) is 0 Å². The lowest BCUT2D eigenvalue weighted by Crippen LogP contribution is -2.09. The van der Waals surface area contributed by atoms with E-state index in [1.54, 1.807) is 0 Å². The SMILES string of the molecule is CSCCCC(CO)CC(C)C. The summed E-state index contributed by atoms with van der Waals surface area (Å²) in [6.07, 6.45) is 5.75. The highest BCUT2D eigenvalue weighted by Gasteiger charge is 2.08.